The molecule has 0 saturated heterocycles. The van der Waals surface area contributed by atoms with Crippen molar-refractivity contribution < 1.29 is 42.6 Å². The highest BCUT2D eigenvalue weighted by molar-refractivity contribution is 7.87. The standard InChI is InChI=1S/C40H58ClF2N5O7S/c1-6-9-28-20-32(41)13-15-33(28)31-23-48(35-21-29(12-16-37(35)55-24-31)38(51)39(52)45-56(53)46(3)4)22-30-11-14-34(30)36(10-7-8-18-47(5)27(2)50)54-19-17-44-25-40(42,43)26-49/h7,10,12-13,15-16,20-21,30-31,34,36,38,44,49,51H,6,8-9,11,14,17-19,22-26H2,1-5H3,(H,45,52)/b10-7+. The number of carbonyl (C=O) groups excluding carboxylic acids is 2. The van der Waals surface area contributed by atoms with Gasteiger partial charge in [0.2, 0.25) is 5.91 Å². The second-order valence-corrected chi connectivity index (χ2v) is 16.7. The number of fused-ring (bicyclic) bond motifs is 1. The van der Waals surface area contributed by atoms with E-state index in [4.69, 9.17) is 26.2 Å². The minimum atomic E-state index is -3.22. The molecule has 6 atom stereocenters. The van der Waals surface area contributed by atoms with Crippen molar-refractivity contribution in [3.8, 4) is 5.75 Å². The molecule has 0 radical (unpaired) electrons. The number of amides is 2. The van der Waals surface area contributed by atoms with Crippen LogP contribution < -0.4 is 19.7 Å². The number of hydrogen-bond acceptors (Lipinski definition) is 10. The van der Waals surface area contributed by atoms with Crippen molar-refractivity contribution >= 4 is 40.7 Å². The summed E-state index contributed by atoms with van der Waals surface area (Å²) >= 11 is 4.62. The van der Waals surface area contributed by atoms with Gasteiger partial charge in [-0.15, -0.1) is 4.31 Å². The van der Waals surface area contributed by atoms with Gasteiger partial charge in [0.1, 0.15) is 12.4 Å². The van der Waals surface area contributed by atoms with E-state index in [0.717, 1.165) is 42.5 Å². The lowest BCUT2D eigenvalue weighted by atomic mass is 9.70. The van der Waals surface area contributed by atoms with Crippen LogP contribution in [0.15, 0.2) is 48.6 Å². The second-order valence-electron chi connectivity index (χ2n) is 14.8. The van der Waals surface area contributed by atoms with E-state index in [9.17, 15) is 28.0 Å². The fourth-order valence-electron chi connectivity index (χ4n) is 6.99. The van der Waals surface area contributed by atoms with Gasteiger partial charge in [-0.2, -0.15) is 4.72 Å². The molecule has 16 heteroatoms. The lowest BCUT2D eigenvalue weighted by Gasteiger charge is -2.44. The monoisotopic (exact) mass is 825 g/mol. The summed E-state index contributed by atoms with van der Waals surface area (Å²) in [6.07, 6.45) is 6.30. The molecule has 2 aromatic rings. The lowest BCUT2D eigenvalue weighted by molar-refractivity contribution is -0.128. The SMILES string of the molecule is CCCc1cc(Cl)ccc1C1COc2ccc(C(O)C(=O)N[S+]([O-])N(C)C)cc2N(CC2CCC2C(/C=C/CCN(C)C(C)=O)OCCNCC(F)(F)CO)C1. The molecule has 1 fully saturated rings. The average molecular weight is 826 g/mol. The number of hydrogen-bond donors (Lipinski definition) is 4. The first-order chi connectivity index (χ1) is 26.6. The van der Waals surface area contributed by atoms with Gasteiger partial charge in [-0.3, -0.25) is 9.59 Å². The molecule has 312 valence electrons. The van der Waals surface area contributed by atoms with Crippen LogP contribution in [0.25, 0.3) is 0 Å². The number of nitrogens with zero attached hydrogens (tertiary/aromatic N) is 3. The summed E-state index contributed by atoms with van der Waals surface area (Å²) in [5.74, 6) is -3.23. The summed E-state index contributed by atoms with van der Waals surface area (Å²) in [5, 5.41) is 23.3. The number of aryl methyl sites for hydroxylation is 1. The molecule has 56 heavy (non-hydrogen) atoms. The van der Waals surface area contributed by atoms with Gasteiger partial charge in [0, 0.05) is 65.2 Å². The van der Waals surface area contributed by atoms with Crippen molar-refractivity contribution in [2.24, 2.45) is 11.8 Å². The van der Waals surface area contributed by atoms with Crippen LogP contribution >= 0.6 is 11.6 Å². The van der Waals surface area contributed by atoms with Gasteiger partial charge in [-0.05, 0) is 78.5 Å². The van der Waals surface area contributed by atoms with Crippen LogP contribution in [-0.2, 0) is 32.3 Å². The van der Waals surface area contributed by atoms with Crippen molar-refractivity contribution in [3.63, 3.8) is 0 Å². The number of nitrogens with one attached hydrogen (secondary N) is 2. The van der Waals surface area contributed by atoms with E-state index < -0.39 is 42.6 Å². The molecule has 1 aliphatic heterocycles. The molecule has 2 aromatic carbocycles. The largest absolute Gasteiger partial charge is 0.573 e. The molecule has 1 aliphatic carbocycles. The van der Waals surface area contributed by atoms with Gasteiger partial charge >= 0.3 is 0 Å². The Morgan fingerprint density at radius 2 is 1.98 bits per heavy atom. The molecule has 2 aliphatic rings. The number of anilines is 1. The third kappa shape index (κ3) is 13.0. The predicted molar refractivity (Wildman–Crippen MR) is 215 cm³/mol. The van der Waals surface area contributed by atoms with E-state index in [1.165, 1.54) is 11.2 Å². The molecular weight excluding hydrogens is 768 g/mol. The number of aliphatic hydroxyl groups is 2. The molecule has 0 spiro atoms. The number of benzene rings is 2. The minimum absolute atomic E-state index is 0.0312. The van der Waals surface area contributed by atoms with Gasteiger partial charge in [-0.25, -0.2) is 8.78 Å². The smallest absolute Gasteiger partial charge is 0.296 e. The molecule has 12 nitrogen and oxygen atoms in total. The van der Waals surface area contributed by atoms with E-state index in [1.807, 2.05) is 24.3 Å². The third-order valence-corrected chi connectivity index (χ3v) is 11.7. The fraction of sp³-hybridized carbons (Fsp3) is 0.600. The highest BCUT2D eigenvalue weighted by atomic mass is 35.5. The zero-order valence-electron chi connectivity index (χ0n) is 33.0. The van der Waals surface area contributed by atoms with E-state index in [0.29, 0.717) is 49.0 Å². The first-order valence-corrected chi connectivity index (χ1v) is 20.7. The highest BCUT2D eigenvalue weighted by Gasteiger charge is 2.39. The van der Waals surface area contributed by atoms with Gasteiger partial charge < -0.3 is 39.4 Å². The quantitative estimate of drug-likeness (QED) is 0.0799. The second kappa shape index (κ2) is 21.7. The summed E-state index contributed by atoms with van der Waals surface area (Å²) in [6, 6.07) is 11.1. The molecule has 0 aromatic heterocycles. The highest BCUT2D eigenvalue weighted by Crippen LogP contribution is 2.43. The normalized spacial score (nSPS) is 20.1. The molecule has 1 saturated carbocycles. The fourth-order valence-corrected chi connectivity index (χ4v) is 7.66. The van der Waals surface area contributed by atoms with Crippen molar-refractivity contribution in [3.05, 3.63) is 70.3 Å². The Labute approximate surface area is 338 Å². The number of ether oxygens (including phenoxy) is 2. The van der Waals surface area contributed by atoms with Crippen LogP contribution in [-0.4, -0.2) is 121 Å². The Morgan fingerprint density at radius 3 is 2.64 bits per heavy atom. The summed E-state index contributed by atoms with van der Waals surface area (Å²) < 4.78 is 56.0. The summed E-state index contributed by atoms with van der Waals surface area (Å²) in [7, 11) is 4.84. The van der Waals surface area contributed by atoms with Crippen LogP contribution in [0.1, 0.15) is 68.2 Å². The molecule has 0 bridgehead atoms. The molecule has 6 unspecified atom stereocenters. The van der Waals surface area contributed by atoms with Crippen LogP contribution in [0.5, 0.6) is 5.75 Å². The summed E-state index contributed by atoms with van der Waals surface area (Å²) in [6.45, 7) is 4.20. The number of halogens is 3. The Bertz CT molecular complexity index is 1620. The Kier molecular flexibility index (Phi) is 17.7. The van der Waals surface area contributed by atoms with E-state index >= 15 is 0 Å². The Balaban J connectivity index is 1.62. The van der Waals surface area contributed by atoms with Crippen LogP contribution in [0.3, 0.4) is 0 Å². The zero-order valence-corrected chi connectivity index (χ0v) is 34.6. The van der Waals surface area contributed by atoms with E-state index in [-0.39, 0.29) is 42.9 Å². The first-order valence-electron chi connectivity index (χ1n) is 19.2. The Hall–Kier alpha value is -3.02. The minimum Gasteiger partial charge on any atom is -0.573 e. The molecular formula is C40H58ClF2N5O7S. The van der Waals surface area contributed by atoms with Crippen LogP contribution in [0.4, 0.5) is 14.5 Å². The molecule has 1 heterocycles. The third-order valence-electron chi connectivity index (χ3n) is 10.4. The number of aliphatic hydroxyl groups excluding tert-OH is 2. The van der Waals surface area contributed by atoms with Gasteiger partial charge in [0.05, 0.1) is 31.5 Å². The number of alkyl halides is 2. The van der Waals surface area contributed by atoms with Crippen molar-refractivity contribution in [2.45, 2.75) is 70.0 Å². The van der Waals surface area contributed by atoms with Gasteiger partial charge in [0.25, 0.3) is 11.8 Å². The van der Waals surface area contributed by atoms with E-state index in [2.05, 4.69) is 27.9 Å². The van der Waals surface area contributed by atoms with Gasteiger partial charge in [-0.1, -0.05) is 49.2 Å². The number of rotatable bonds is 21. The van der Waals surface area contributed by atoms with Crippen molar-refractivity contribution in [1.82, 2.24) is 19.2 Å². The lowest BCUT2D eigenvalue weighted by Crippen LogP contribution is -2.45. The Morgan fingerprint density at radius 1 is 1.21 bits per heavy atom. The first kappa shape index (κ1) is 45.7. The number of carbonyl (C=O) groups is 2. The maximum absolute atomic E-state index is 13.6. The summed E-state index contributed by atoms with van der Waals surface area (Å²) in [5.41, 5.74) is 3.34. The summed E-state index contributed by atoms with van der Waals surface area (Å²) in [4.78, 5) is 28.6. The van der Waals surface area contributed by atoms with Crippen LogP contribution in [0.2, 0.25) is 5.02 Å². The molecule has 4 rings (SSSR count). The van der Waals surface area contributed by atoms with E-state index in [1.54, 1.807) is 44.2 Å². The maximum atomic E-state index is 13.6. The molecule has 2 amide bonds. The zero-order chi connectivity index (χ0) is 41.0. The van der Waals surface area contributed by atoms with Crippen molar-refractivity contribution in [2.75, 3.05) is 78.6 Å². The maximum Gasteiger partial charge on any atom is 0.296 e. The topological polar surface area (TPSA) is 150 Å². The van der Waals surface area contributed by atoms with Gasteiger partial charge in [0.15, 0.2) is 17.7 Å². The molecule has 4 N–H and O–H groups in total. The van der Waals surface area contributed by atoms with Crippen molar-refractivity contribution in [1.29, 1.82) is 0 Å². The van der Waals surface area contributed by atoms with Crippen LogP contribution in [0, 0.1) is 11.8 Å². The average Bonchev–Trinajstić information content (AvgIpc) is 3.33. The predicted octanol–water partition coefficient (Wildman–Crippen LogP) is 4.62.